The summed E-state index contributed by atoms with van der Waals surface area (Å²) >= 11 is 0. The molecule has 0 atom stereocenters. The number of nitrogens with one attached hydrogen (secondary N) is 2. The molecule has 1 aliphatic carbocycles. The Bertz CT molecular complexity index is 546. The number of hydrazine groups is 1. The van der Waals surface area contributed by atoms with Gasteiger partial charge < -0.3 is 10.7 Å². The molecule has 2 rings (SSSR count). The standard InChI is InChI=1S/C12H15FN4O3/c13-9-6-11(17(19)20)8(5-10(9)16-14)12(18)15-4-3-7-1-2-7/h5-7,16H,1-4,14H2,(H,15,18). The Morgan fingerprint density at radius 2 is 2.20 bits per heavy atom. The van der Waals surface area contributed by atoms with Gasteiger partial charge in [-0.3, -0.25) is 20.8 Å². The monoisotopic (exact) mass is 282 g/mol. The third-order valence-electron chi connectivity index (χ3n) is 3.22. The van der Waals surface area contributed by atoms with Crippen molar-refractivity contribution in [3.05, 3.63) is 33.6 Å². The van der Waals surface area contributed by atoms with Crippen molar-refractivity contribution in [3.8, 4) is 0 Å². The van der Waals surface area contributed by atoms with Gasteiger partial charge in [0.1, 0.15) is 5.56 Å². The number of nitro groups is 1. The van der Waals surface area contributed by atoms with Crippen LogP contribution >= 0.6 is 0 Å². The van der Waals surface area contributed by atoms with Gasteiger partial charge in [-0.25, -0.2) is 4.39 Å². The van der Waals surface area contributed by atoms with Crippen molar-refractivity contribution in [1.29, 1.82) is 0 Å². The van der Waals surface area contributed by atoms with E-state index in [-0.39, 0.29) is 11.3 Å². The molecule has 0 unspecified atom stereocenters. The number of rotatable bonds is 6. The fourth-order valence-electron chi connectivity index (χ4n) is 1.90. The molecule has 1 fully saturated rings. The molecule has 0 bridgehead atoms. The molecule has 4 N–H and O–H groups in total. The highest BCUT2D eigenvalue weighted by atomic mass is 19.1. The molecule has 0 aromatic heterocycles. The van der Waals surface area contributed by atoms with Gasteiger partial charge in [-0.15, -0.1) is 0 Å². The molecule has 1 aromatic rings. The summed E-state index contributed by atoms with van der Waals surface area (Å²) in [5, 5.41) is 13.5. The van der Waals surface area contributed by atoms with Crippen LogP contribution in [0.25, 0.3) is 0 Å². The predicted octanol–water partition coefficient (Wildman–Crippen LogP) is 1.55. The van der Waals surface area contributed by atoms with Crippen LogP contribution < -0.4 is 16.6 Å². The van der Waals surface area contributed by atoms with E-state index in [1.807, 2.05) is 0 Å². The predicted molar refractivity (Wildman–Crippen MR) is 70.5 cm³/mol. The molecule has 1 aliphatic rings. The Labute approximate surface area is 114 Å². The number of hydrogen-bond donors (Lipinski definition) is 3. The molecule has 0 heterocycles. The maximum absolute atomic E-state index is 13.4. The van der Waals surface area contributed by atoms with Crippen LogP contribution in [0.4, 0.5) is 15.8 Å². The number of carbonyl (C=O) groups is 1. The Morgan fingerprint density at radius 3 is 2.75 bits per heavy atom. The number of hydrogen-bond acceptors (Lipinski definition) is 5. The highest BCUT2D eigenvalue weighted by Gasteiger charge is 2.25. The SMILES string of the molecule is NNc1cc(C(=O)NCCC2CC2)c([N+](=O)[O-])cc1F. The quantitative estimate of drug-likeness (QED) is 0.416. The summed E-state index contributed by atoms with van der Waals surface area (Å²) in [7, 11) is 0. The summed E-state index contributed by atoms with van der Waals surface area (Å²) < 4.78 is 13.4. The van der Waals surface area contributed by atoms with Crippen molar-refractivity contribution in [2.24, 2.45) is 11.8 Å². The summed E-state index contributed by atoms with van der Waals surface area (Å²) in [4.78, 5) is 22.0. The second-order valence-corrected chi connectivity index (χ2v) is 4.74. The topological polar surface area (TPSA) is 110 Å². The van der Waals surface area contributed by atoms with E-state index in [2.05, 4.69) is 10.7 Å². The van der Waals surface area contributed by atoms with Gasteiger partial charge in [0.05, 0.1) is 16.7 Å². The fourth-order valence-corrected chi connectivity index (χ4v) is 1.90. The summed E-state index contributed by atoms with van der Waals surface area (Å²) in [5.74, 6) is 4.26. The van der Waals surface area contributed by atoms with Gasteiger partial charge in [0.15, 0.2) is 5.82 Å². The van der Waals surface area contributed by atoms with E-state index in [1.165, 1.54) is 0 Å². The van der Waals surface area contributed by atoms with Gasteiger partial charge in [0.25, 0.3) is 11.6 Å². The van der Waals surface area contributed by atoms with E-state index in [0.717, 1.165) is 25.3 Å². The van der Waals surface area contributed by atoms with Crippen LogP contribution in [0.15, 0.2) is 12.1 Å². The Kier molecular flexibility index (Phi) is 4.14. The molecule has 20 heavy (non-hydrogen) atoms. The van der Waals surface area contributed by atoms with Gasteiger partial charge in [-0.05, 0) is 18.4 Å². The second-order valence-electron chi connectivity index (χ2n) is 4.74. The van der Waals surface area contributed by atoms with Crippen LogP contribution in [0, 0.1) is 21.8 Å². The maximum atomic E-state index is 13.4. The third kappa shape index (κ3) is 3.21. The number of anilines is 1. The maximum Gasteiger partial charge on any atom is 0.285 e. The van der Waals surface area contributed by atoms with Crippen molar-refractivity contribution in [2.75, 3.05) is 12.0 Å². The molecule has 0 saturated heterocycles. The average molecular weight is 282 g/mol. The smallest absolute Gasteiger partial charge is 0.285 e. The third-order valence-corrected chi connectivity index (χ3v) is 3.22. The normalized spacial score (nSPS) is 13.9. The summed E-state index contributed by atoms with van der Waals surface area (Å²) in [6.07, 6.45) is 3.17. The molecule has 0 radical (unpaired) electrons. The Hall–Kier alpha value is -2.22. The van der Waals surface area contributed by atoms with E-state index in [1.54, 1.807) is 0 Å². The first-order valence-electron chi connectivity index (χ1n) is 6.25. The van der Waals surface area contributed by atoms with Crippen molar-refractivity contribution >= 4 is 17.3 Å². The van der Waals surface area contributed by atoms with E-state index < -0.39 is 22.3 Å². The number of halogens is 1. The minimum absolute atomic E-state index is 0.164. The van der Waals surface area contributed by atoms with E-state index in [0.29, 0.717) is 18.5 Å². The highest BCUT2D eigenvalue weighted by molar-refractivity contribution is 5.99. The van der Waals surface area contributed by atoms with Gasteiger partial charge in [0, 0.05) is 6.54 Å². The van der Waals surface area contributed by atoms with Gasteiger partial charge in [-0.2, -0.15) is 0 Å². The number of amides is 1. The highest BCUT2D eigenvalue weighted by Crippen LogP contribution is 2.32. The van der Waals surface area contributed by atoms with Crippen LogP contribution in [-0.2, 0) is 0 Å². The minimum Gasteiger partial charge on any atom is -0.352 e. The molecule has 8 heteroatoms. The summed E-state index contributed by atoms with van der Waals surface area (Å²) in [6, 6.07) is 1.73. The first kappa shape index (κ1) is 14.2. The molecule has 7 nitrogen and oxygen atoms in total. The summed E-state index contributed by atoms with van der Waals surface area (Å²) in [5.41, 5.74) is 1.11. The number of nitrogens with two attached hydrogens (primary N) is 1. The van der Waals surface area contributed by atoms with Crippen LogP contribution in [0.5, 0.6) is 0 Å². The lowest BCUT2D eigenvalue weighted by atomic mass is 10.1. The fraction of sp³-hybridized carbons (Fsp3) is 0.417. The molecule has 0 aliphatic heterocycles. The Balaban J connectivity index is 2.17. The van der Waals surface area contributed by atoms with Crippen molar-refractivity contribution < 1.29 is 14.1 Å². The lowest BCUT2D eigenvalue weighted by Crippen LogP contribution is -2.26. The zero-order chi connectivity index (χ0) is 14.7. The van der Waals surface area contributed by atoms with E-state index >= 15 is 0 Å². The second kappa shape index (κ2) is 5.83. The zero-order valence-electron chi connectivity index (χ0n) is 10.7. The molecular formula is C12H15FN4O3. The van der Waals surface area contributed by atoms with Crippen LogP contribution in [0.1, 0.15) is 29.6 Å². The average Bonchev–Trinajstić information content (AvgIpc) is 3.22. The lowest BCUT2D eigenvalue weighted by Gasteiger charge is -2.08. The van der Waals surface area contributed by atoms with Crippen molar-refractivity contribution in [2.45, 2.75) is 19.3 Å². The van der Waals surface area contributed by atoms with Crippen LogP contribution in [0.3, 0.4) is 0 Å². The first-order chi connectivity index (χ1) is 9.52. The van der Waals surface area contributed by atoms with Crippen molar-refractivity contribution in [3.63, 3.8) is 0 Å². The molecule has 0 spiro atoms. The number of benzene rings is 1. The van der Waals surface area contributed by atoms with E-state index in [4.69, 9.17) is 5.84 Å². The zero-order valence-corrected chi connectivity index (χ0v) is 10.7. The molecule has 108 valence electrons. The molecule has 1 amide bonds. The number of nitro benzene ring substituents is 1. The lowest BCUT2D eigenvalue weighted by molar-refractivity contribution is -0.385. The number of carbonyl (C=O) groups excluding carboxylic acids is 1. The first-order valence-corrected chi connectivity index (χ1v) is 6.25. The molecule has 1 aromatic carbocycles. The van der Waals surface area contributed by atoms with Crippen LogP contribution in [0.2, 0.25) is 0 Å². The Morgan fingerprint density at radius 1 is 1.50 bits per heavy atom. The van der Waals surface area contributed by atoms with Gasteiger partial charge >= 0.3 is 0 Å². The summed E-state index contributed by atoms with van der Waals surface area (Å²) in [6.45, 7) is 0.448. The number of nitrogens with zero attached hydrogens (tertiary/aromatic N) is 1. The minimum atomic E-state index is -0.881. The van der Waals surface area contributed by atoms with Crippen LogP contribution in [-0.4, -0.2) is 17.4 Å². The van der Waals surface area contributed by atoms with E-state index in [9.17, 15) is 19.3 Å². The van der Waals surface area contributed by atoms with Crippen molar-refractivity contribution in [1.82, 2.24) is 5.32 Å². The van der Waals surface area contributed by atoms with Gasteiger partial charge in [0.2, 0.25) is 0 Å². The van der Waals surface area contributed by atoms with Gasteiger partial charge in [-0.1, -0.05) is 12.8 Å². The largest absolute Gasteiger partial charge is 0.352 e. The number of nitrogen functional groups attached to an aromatic ring is 1. The molecular weight excluding hydrogens is 267 g/mol. The molecule has 1 saturated carbocycles.